The van der Waals surface area contributed by atoms with E-state index in [1.54, 1.807) is 28.1 Å². The van der Waals surface area contributed by atoms with Gasteiger partial charge in [0.15, 0.2) is 0 Å². The number of benzene rings is 2. The van der Waals surface area contributed by atoms with E-state index in [0.717, 1.165) is 16.3 Å². The third-order valence-electron chi connectivity index (χ3n) is 5.72. The van der Waals surface area contributed by atoms with E-state index in [4.69, 9.17) is 11.6 Å². The molecule has 1 unspecified atom stereocenters. The number of carbonyl (C=O) groups excluding carboxylic acids is 2. The molecule has 2 amide bonds. The van der Waals surface area contributed by atoms with Crippen LogP contribution in [0.5, 0.6) is 0 Å². The predicted octanol–water partition coefficient (Wildman–Crippen LogP) is 4.03. The number of rotatable bonds is 4. The van der Waals surface area contributed by atoms with Crippen LogP contribution >= 0.6 is 22.9 Å². The number of nitrogens with zero attached hydrogens (tertiary/aromatic N) is 6. The lowest BCUT2D eigenvalue weighted by molar-refractivity contribution is 0.0407. The van der Waals surface area contributed by atoms with Gasteiger partial charge in [0.2, 0.25) is 5.82 Å². The average Bonchev–Trinajstić information content (AvgIpc) is 3.56. The molecule has 1 aliphatic heterocycles. The number of aromatic nitrogens is 4. The van der Waals surface area contributed by atoms with Crippen LogP contribution in [-0.2, 0) is 0 Å². The van der Waals surface area contributed by atoms with Gasteiger partial charge >= 0.3 is 0 Å². The number of piperazine rings is 1. The molecular formula is C24H21ClN6O2S. The number of carbonyl (C=O) groups is 2. The molecule has 34 heavy (non-hydrogen) atoms. The normalized spacial score (nSPS) is 16.0. The van der Waals surface area contributed by atoms with Gasteiger partial charge in [-0.05, 0) is 37.3 Å². The van der Waals surface area contributed by atoms with E-state index in [2.05, 4.69) is 15.1 Å². The summed E-state index contributed by atoms with van der Waals surface area (Å²) < 4.78 is 1.53. The van der Waals surface area contributed by atoms with Crippen molar-refractivity contribution < 1.29 is 9.59 Å². The Balaban J connectivity index is 1.27. The SMILES string of the molecule is CC1CN(C(=O)c2cccc(-c3nccs3)c2)CCN1C(=O)c1ncn(-c2cccc(Cl)c2)n1. The van der Waals surface area contributed by atoms with Crippen molar-refractivity contribution in [3.63, 3.8) is 0 Å². The van der Waals surface area contributed by atoms with Gasteiger partial charge in [-0.15, -0.1) is 16.4 Å². The first-order valence-electron chi connectivity index (χ1n) is 10.8. The quantitative estimate of drug-likeness (QED) is 0.429. The van der Waals surface area contributed by atoms with Crippen molar-refractivity contribution in [3.05, 3.63) is 82.8 Å². The van der Waals surface area contributed by atoms with Crippen molar-refractivity contribution in [2.24, 2.45) is 0 Å². The summed E-state index contributed by atoms with van der Waals surface area (Å²) in [4.78, 5) is 38.3. The maximum Gasteiger partial charge on any atom is 0.293 e. The van der Waals surface area contributed by atoms with E-state index in [-0.39, 0.29) is 23.7 Å². The minimum Gasteiger partial charge on any atom is -0.335 e. The second-order valence-electron chi connectivity index (χ2n) is 8.01. The summed E-state index contributed by atoms with van der Waals surface area (Å²) in [6, 6.07) is 14.5. The number of hydrogen-bond donors (Lipinski definition) is 0. The van der Waals surface area contributed by atoms with Gasteiger partial charge in [-0.3, -0.25) is 9.59 Å². The Kier molecular flexibility index (Phi) is 6.12. The zero-order valence-corrected chi connectivity index (χ0v) is 19.9. The van der Waals surface area contributed by atoms with E-state index in [9.17, 15) is 9.59 Å². The highest BCUT2D eigenvalue weighted by Crippen LogP contribution is 2.24. The minimum atomic E-state index is -0.258. The largest absolute Gasteiger partial charge is 0.335 e. The molecule has 0 N–H and O–H groups in total. The van der Waals surface area contributed by atoms with E-state index >= 15 is 0 Å². The first-order chi connectivity index (χ1) is 16.5. The lowest BCUT2D eigenvalue weighted by Crippen LogP contribution is -2.55. The van der Waals surface area contributed by atoms with Crippen LogP contribution in [0, 0.1) is 0 Å². The fourth-order valence-corrected chi connectivity index (χ4v) is 4.83. The average molecular weight is 493 g/mol. The molecule has 0 spiro atoms. The van der Waals surface area contributed by atoms with Crippen LogP contribution in [0.1, 0.15) is 27.9 Å². The molecule has 1 atom stereocenters. The van der Waals surface area contributed by atoms with Crippen molar-refractivity contribution in [2.45, 2.75) is 13.0 Å². The number of halogens is 1. The maximum absolute atomic E-state index is 13.2. The molecule has 5 rings (SSSR count). The molecule has 0 radical (unpaired) electrons. The summed E-state index contributed by atoms with van der Waals surface area (Å²) in [5.41, 5.74) is 2.26. The summed E-state index contributed by atoms with van der Waals surface area (Å²) in [6.45, 7) is 3.20. The standard InChI is InChI=1S/C24H21ClN6O2S/c1-16-14-29(23(32)18-5-2-4-17(12-18)22-26-8-11-34-22)9-10-30(16)24(33)21-27-15-31(28-21)20-7-3-6-19(25)13-20/h2-8,11-13,15-16H,9-10,14H2,1H3. The molecule has 0 aliphatic carbocycles. The maximum atomic E-state index is 13.2. The van der Waals surface area contributed by atoms with Crippen LogP contribution in [0.2, 0.25) is 5.02 Å². The van der Waals surface area contributed by atoms with Gasteiger partial charge < -0.3 is 9.80 Å². The smallest absolute Gasteiger partial charge is 0.293 e. The van der Waals surface area contributed by atoms with Gasteiger partial charge in [0, 0.05) is 53.4 Å². The third-order valence-corrected chi connectivity index (χ3v) is 6.78. The molecule has 172 valence electrons. The van der Waals surface area contributed by atoms with E-state index in [1.165, 1.54) is 22.3 Å². The molecule has 8 nitrogen and oxygen atoms in total. The van der Waals surface area contributed by atoms with E-state index in [1.807, 2.05) is 48.7 Å². The monoisotopic (exact) mass is 492 g/mol. The van der Waals surface area contributed by atoms with Gasteiger partial charge in [-0.25, -0.2) is 14.6 Å². The Morgan fingerprint density at radius 2 is 1.91 bits per heavy atom. The molecule has 1 fully saturated rings. The molecule has 3 heterocycles. The van der Waals surface area contributed by atoms with Crippen molar-refractivity contribution in [2.75, 3.05) is 19.6 Å². The topological polar surface area (TPSA) is 84.2 Å². The Hall–Kier alpha value is -3.56. The van der Waals surface area contributed by atoms with Crippen LogP contribution in [0.3, 0.4) is 0 Å². The molecule has 1 aliphatic rings. The summed E-state index contributed by atoms with van der Waals surface area (Å²) in [6.07, 6.45) is 3.25. The highest BCUT2D eigenvalue weighted by molar-refractivity contribution is 7.13. The molecule has 2 aromatic heterocycles. The number of amides is 2. The molecule has 2 aromatic carbocycles. The summed E-state index contributed by atoms with van der Waals surface area (Å²) in [5, 5.41) is 7.70. The zero-order chi connectivity index (χ0) is 23.7. The highest BCUT2D eigenvalue weighted by atomic mass is 35.5. The van der Waals surface area contributed by atoms with E-state index in [0.29, 0.717) is 30.2 Å². The summed E-state index contributed by atoms with van der Waals surface area (Å²) >= 11 is 7.59. The second kappa shape index (κ2) is 9.36. The van der Waals surface area contributed by atoms with Crippen LogP contribution in [0.15, 0.2) is 66.4 Å². The summed E-state index contributed by atoms with van der Waals surface area (Å²) in [5.74, 6) is -0.199. The highest BCUT2D eigenvalue weighted by Gasteiger charge is 2.32. The Morgan fingerprint density at radius 1 is 1.06 bits per heavy atom. The Morgan fingerprint density at radius 3 is 2.68 bits per heavy atom. The number of thiazole rings is 1. The summed E-state index contributed by atoms with van der Waals surface area (Å²) in [7, 11) is 0. The van der Waals surface area contributed by atoms with Crippen molar-refractivity contribution in [1.82, 2.24) is 29.5 Å². The van der Waals surface area contributed by atoms with Crippen LogP contribution < -0.4 is 0 Å². The Bertz CT molecular complexity index is 1340. The van der Waals surface area contributed by atoms with Crippen molar-refractivity contribution in [3.8, 4) is 16.3 Å². The van der Waals surface area contributed by atoms with Gasteiger partial charge in [-0.2, -0.15) is 0 Å². The molecular weight excluding hydrogens is 472 g/mol. The van der Waals surface area contributed by atoms with Crippen molar-refractivity contribution in [1.29, 1.82) is 0 Å². The number of hydrogen-bond acceptors (Lipinski definition) is 6. The lowest BCUT2D eigenvalue weighted by Gasteiger charge is -2.39. The van der Waals surface area contributed by atoms with E-state index < -0.39 is 0 Å². The minimum absolute atomic E-state index is 0.0549. The predicted molar refractivity (Wildman–Crippen MR) is 130 cm³/mol. The first kappa shape index (κ1) is 22.2. The zero-order valence-electron chi connectivity index (χ0n) is 18.3. The van der Waals surface area contributed by atoms with Gasteiger partial charge in [-0.1, -0.05) is 29.8 Å². The Labute approximate surface area is 205 Å². The fourth-order valence-electron chi connectivity index (χ4n) is 4.01. The molecule has 4 aromatic rings. The van der Waals surface area contributed by atoms with Gasteiger partial charge in [0.05, 0.1) is 5.69 Å². The van der Waals surface area contributed by atoms with Gasteiger partial charge in [0.25, 0.3) is 11.8 Å². The van der Waals surface area contributed by atoms with Crippen LogP contribution in [0.4, 0.5) is 0 Å². The van der Waals surface area contributed by atoms with Crippen LogP contribution in [-0.4, -0.2) is 67.0 Å². The van der Waals surface area contributed by atoms with Crippen molar-refractivity contribution >= 4 is 34.8 Å². The van der Waals surface area contributed by atoms with Gasteiger partial charge in [0.1, 0.15) is 11.3 Å². The molecule has 1 saturated heterocycles. The lowest BCUT2D eigenvalue weighted by atomic mass is 10.1. The first-order valence-corrected chi connectivity index (χ1v) is 12.0. The molecule has 0 saturated carbocycles. The molecule has 0 bridgehead atoms. The molecule has 10 heteroatoms. The second-order valence-corrected chi connectivity index (χ2v) is 9.34. The third kappa shape index (κ3) is 4.44. The fraction of sp³-hybridized carbons (Fsp3) is 0.208. The van der Waals surface area contributed by atoms with Crippen LogP contribution in [0.25, 0.3) is 16.3 Å².